The van der Waals surface area contributed by atoms with Gasteiger partial charge in [-0.05, 0) is 61.9 Å². The molecule has 0 fully saturated rings. The summed E-state index contributed by atoms with van der Waals surface area (Å²) >= 11 is 7.22. The molecule has 5 nitrogen and oxygen atoms in total. The number of carbonyl (C=O) groups is 1. The maximum absolute atomic E-state index is 12.6. The molecule has 142 valence electrons. The first-order valence-corrected chi connectivity index (χ1v) is 9.63. The first-order chi connectivity index (χ1) is 13.3. The zero-order valence-corrected chi connectivity index (χ0v) is 16.8. The SMILES string of the molecule is Cc1ccc(Sc2ccc(C(=O)Nc3ccc(Cl)cc3C)cc2[N+](=O)[O-])cc1. The molecule has 3 rings (SSSR count). The summed E-state index contributed by atoms with van der Waals surface area (Å²) in [5.41, 5.74) is 2.64. The first kappa shape index (κ1) is 19.9. The van der Waals surface area contributed by atoms with Crippen LogP contribution in [0.25, 0.3) is 0 Å². The molecule has 3 aromatic carbocycles. The molecule has 1 N–H and O–H groups in total. The second-order valence-electron chi connectivity index (χ2n) is 6.27. The van der Waals surface area contributed by atoms with Crippen molar-refractivity contribution in [2.45, 2.75) is 23.6 Å². The number of benzene rings is 3. The third-order valence-corrected chi connectivity index (χ3v) is 5.41. The summed E-state index contributed by atoms with van der Waals surface area (Å²) in [7, 11) is 0. The summed E-state index contributed by atoms with van der Waals surface area (Å²) < 4.78 is 0. The average molecular weight is 413 g/mol. The van der Waals surface area contributed by atoms with Gasteiger partial charge in [0.15, 0.2) is 0 Å². The standard InChI is InChI=1S/C21H17ClN2O3S/c1-13-3-7-17(8-4-13)28-20-10-5-15(12-19(20)24(26)27)21(25)23-18-9-6-16(22)11-14(18)2/h3-12H,1-2H3,(H,23,25). The first-order valence-electron chi connectivity index (χ1n) is 8.44. The average Bonchev–Trinajstić information content (AvgIpc) is 2.66. The van der Waals surface area contributed by atoms with E-state index in [1.54, 1.807) is 30.3 Å². The van der Waals surface area contributed by atoms with Crippen molar-refractivity contribution in [3.05, 3.63) is 92.5 Å². The lowest BCUT2D eigenvalue weighted by Crippen LogP contribution is -2.13. The van der Waals surface area contributed by atoms with Crippen molar-refractivity contribution in [1.29, 1.82) is 0 Å². The Bertz CT molecular complexity index is 1050. The quantitative estimate of drug-likeness (QED) is 0.396. The molecule has 0 heterocycles. The van der Waals surface area contributed by atoms with Gasteiger partial charge >= 0.3 is 0 Å². The van der Waals surface area contributed by atoms with Crippen LogP contribution in [-0.2, 0) is 0 Å². The number of nitrogens with zero attached hydrogens (tertiary/aromatic N) is 1. The van der Waals surface area contributed by atoms with Crippen molar-refractivity contribution in [3.63, 3.8) is 0 Å². The number of anilines is 1. The fraction of sp³-hybridized carbons (Fsp3) is 0.0952. The highest BCUT2D eigenvalue weighted by molar-refractivity contribution is 7.99. The molecule has 0 aliphatic carbocycles. The molecular formula is C21H17ClN2O3S. The van der Waals surface area contributed by atoms with Crippen LogP contribution in [-0.4, -0.2) is 10.8 Å². The third kappa shape index (κ3) is 4.71. The van der Waals surface area contributed by atoms with E-state index in [2.05, 4.69) is 5.32 Å². The number of rotatable bonds is 5. The molecule has 0 radical (unpaired) electrons. The number of hydrogen-bond donors (Lipinski definition) is 1. The second kappa shape index (κ2) is 8.46. The van der Waals surface area contributed by atoms with Crippen LogP contribution in [0.2, 0.25) is 5.02 Å². The monoisotopic (exact) mass is 412 g/mol. The maximum atomic E-state index is 12.6. The van der Waals surface area contributed by atoms with Gasteiger partial charge in [0.05, 0.1) is 9.82 Å². The Hall–Kier alpha value is -2.83. The summed E-state index contributed by atoms with van der Waals surface area (Å²) in [5, 5.41) is 14.9. The largest absolute Gasteiger partial charge is 0.322 e. The molecule has 0 bridgehead atoms. The van der Waals surface area contributed by atoms with Crippen LogP contribution in [0.4, 0.5) is 11.4 Å². The fourth-order valence-electron chi connectivity index (χ4n) is 2.58. The van der Waals surface area contributed by atoms with Gasteiger partial charge in [-0.2, -0.15) is 0 Å². The van der Waals surface area contributed by atoms with Crippen LogP contribution in [0, 0.1) is 24.0 Å². The van der Waals surface area contributed by atoms with Crippen molar-refractivity contribution in [3.8, 4) is 0 Å². The summed E-state index contributed by atoms with van der Waals surface area (Å²) in [6.45, 7) is 3.80. The van der Waals surface area contributed by atoms with Crippen molar-refractivity contribution >= 4 is 40.6 Å². The molecule has 1 amide bonds. The Labute approximate surface area is 171 Å². The summed E-state index contributed by atoms with van der Waals surface area (Å²) in [6.07, 6.45) is 0. The molecule has 7 heteroatoms. The molecule has 0 saturated carbocycles. The Balaban J connectivity index is 1.86. The second-order valence-corrected chi connectivity index (χ2v) is 7.82. The fourth-order valence-corrected chi connectivity index (χ4v) is 3.71. The number of nitrogens with one attached hydrogen (secondary N) is 1. The zero-order chi connectivity index (χ0) is 20.3. The highest BCUT2D eigenvalue weighted by atomic mass is 35.5. The number of nitro groups is 1. The van der Waals surface area contributed by atoms with Crippen LogP contribution in [0.3, 0.4) is 0 Å². The minimum atomic E-state index is -0.471. The number of aryl methyl sites for hydroxylation is 2. The molecule has 0 aliphatic heterocycles. The lowest BCUT2D eigenvalue weighted by Gasteiger charge is -2.10. The van der Waals surface area contributed by atoms with E-state index < -0.39 is 10.8 Å². The molecule has 0 unspecified atom stereocenters. The van der Waals surface area contributed by atoms with Gasteiger partial charge in [-0.25, -0.2) is 0 Å². The van der Waals surface area contributed by atoms with E-state index in [1.807, 2.05) is 38.1 Å². The topological polar surface area (TPSA) is 72.2 Å². The van der Waals surface area contributed by atoms with Gasteiger partial charge in [-0.1, -0.05) is 41.1 Å². The molecular weight excluding hydrogens is 396 g/mol. The Morgan fingerprint density at radius 1 is 1.04 bits per heavy atom. The van der Waals surface area contributed by atoms with Crippen LogP contribution >= 0.6 is 23.4 Å². The smallest absolute Gasteiger partial charge is 0.284 e. The van der Waals surface area contributed by atoms with Gasteiger partial charge in [0.25, 0.3) is 11.6 Å². The predicted octanol–water partition coefficient (Wildman–Crippen LogP) is 6.27. The van der Waals surface area contributed by atoms with E-state index in [4.69, 9.17) is 11.6 Å². The van der Waals surface area contributed by atoms with E-state index >= 15 is 0 Å². The Kier molecular flexibility index (Phi) is 6.02. The van der Waals surface area contributed by atoms with Crippen molar-refractivity contribution in [2.24, 2.45) is 0 Å². The molecule has 0 atom stereocenters. The van der Waals surface area contributed by atoms with E-state index in [9.17, 15) is 14.9 Å². The van der Waals surface area contributed by atoms with Crippen molar-refractivity contribution < 1.29 is 9.72 Å². The van der Waals surface area contributed by atoms with E-state index in [-0.39, 0.29) is 11.3 Å². The predicted molar refractivity (Wildman–Crippen MR) is 113 cm³/mol. The Morgan fingerprint density at radius 2 is 1.75 bits per heavy atom. The number of amides is 1. The molecule has 0 aromatic heterocycles. The van der Waals surface area contributed by atoms with Crippen molar-refractivity contribution in [1.82, 2.24) is 0 Å². The molecule has 0 aliphatic rings. The van der Waals surface area contributed by atoms with Crippen molar-refractivity contribution in [2.75, 3.05) is 5.32 Å². The normalized spacial score (nSPS) is 10.5. The molecule has 28 heavy (non-hydrogen) atoms. The van der Waals surface area contributed by atoms with Gasteiger partial charge in [0, 0.05) is 27.2 Å². The van der Waals surface area contributed by atoms with Gasteiger partial charge in [-0.3, -0.25) is 14.9 Å². The zero-order valence-electron chi connectivity index (χ0n) is 15.2. The van der Waals surface area contributed by atoms with E-state index in [1.165, 1.54) is 17.8 Å². The van der Waals surface area contributed by atoms with Crippen LogP contribution in [0.15, 0.2) is 70.5 Å². The van der Waals surface area contributed by atoms with Crippen LogP contribution in [0.5, 0.6) is 0 Å². The van der Waals surface area contributed by atoms with Gasteiger partial charge in [-0.15, -0.1) is 0 Å². The summed E-state index contributed by atoms with van der Waals surface area (Å²) in [4.78, 5) is 25.0. The highest BCUT2D eigenvalue weighted by Gasteiger charge is 2.19. The maximum Gasteiger partial charge on any atom is 0.284 e. The highest BCUT2D eigenvalue weighted by Crippen LogP contribution is 2.35. The number of carbonyl (C=O) groups excluding carboxylic acids is 1. The lowest BCUT2D eigenvalue weighted by atomic mass is 10.1. The summed E-state index contributed by atoms with van der Waals surface area (Å²) in [5.74, 6) is -0.416. The van der Waals surface area contributed by atoms with Gasteiger partial charge in [0.1, 0.15) is 0 Å². The summed E-state index contributed by atoms with van der Waals surface area (Å²) in [6, 6.07) is 17.3. The number of hydrogen-bond acceptors (Lipinski definition) is 4. The number of nitro benzene ring substituents is 1. The minimum absolute atomic E-state index is 0.106. The number of halogens is 1. The van der Waals surface area contributed by atoms with Gasteiger partial charge < -0.3 is 5.32 Å². The molecule has 3 aromatic rings. The van der Waals surface area contributed by atoms with E-state index in [0.717, 1.165) is 16.0 Å². The molecule has 0 spiro atoms. The third-order valence-electron chi connectivity index (χ3n) is 4.10. The van der Waals surface area contributed by atoms with E-state index in [0.29, 0.717) is 15.6 Å². The van der Waals surface area contributed by atoms with Crippen LogP contribution < -0.4 is 5.32 Å². The minimum Gasteiger partial charge on any atom is -0.322 e. The van der Waals surface area contributed by atoms with Gasteiger partial charge in [0.2, 0.25) is 0 Å². The van der Waals surface area contributed by atoms with Crippen LogP contribution in [0.1, 0.15) is 21.5 Å². The lowest BCUT2D eigenvalue weighted by molar-refractivity contribution is -0.387. The Morgan fingerprint density at radius 3 is 2.39 bits per heavy atom. The molecule has 0 saturated heterocycles.